The number of aromatic nitrogens is 3. The highest BCUT2D eigenvalue weighted by Crippen LogP contribution is 2.36. The second kappa shape index (κ2) is 8.34. The fraction of sp³-hybridized carbons (Fsp3) is 0.318. The Kier molecular flexibility index (Phi) is 5.46. The predicted molar refractivity (Wildman–Crippen MR) is 113 cm³/mol. The molecule has 2 heterocycles. The maximum atomic E-state index is 5.37. The van der Waals surface area contributed by atoms with Gasteiger partial charge in [0.1, 0.15) is 0 Å². The summed E-state index contributed by atoms with van der Waals surface area (Å²) in [6.07, 6.45) is 3.46. The van der Waals surface area contributed by atoms with Crippen LogP contribution < -0.4 is 19.7 Å². The Balaban J connectivity index is 1.44. The van der Waals surface area contributed by atoms with Gasteiger partial charge < -0.3 is 19.7 Å². The van der Waals surface area contributed by atoms with Gasteiger partial charge in [0.2, 0.25) is 0 Å². The van der Waals surface area contributed by atoms with Crippen LogP contribution >= 0.6 is 0 Å². The zero-order valence-corrected chi connectivity index (χ0v) is 16.9. The van der Waals surface area contributed by atoms with Gasteiger partial charge in [0, 0.05) is 18.3 Å². The van der Waals surface area contributed by atoms with Crippen LogP contribution in [0.4, 0.5) is 17.5 Å². The quantitative estimate of drug-likeness (QED) is 0.659. The van der Waals surface area contributed by atoms with Crippen LogP contribution in [0.15, 0.2) is 48.7 Å². The van der Waals surface area contributed by atoms with E-state index in [1.165, 1.54) is 5.56 Å². The van der Waals surface area contributed by atoms with Gasteiger partial charge in [-0.05, 0) is 49.1 Å². The normalized spacial score (nSPS) is 15.1. The number of anilines is 3. The Labute approximate surface area is 170 Å². The summed E-state index contributed by atoms with van der Waals surface area (Å²) >= 11 is 0. The zero-order chi connectivity index (χ0) is 20.2. The number of benzene rings is 2. The van der Waals surface area contributed by atoms with Gasteiger partial charge >= 0.3 is 0 Å². The molecule has 0 amide bonds. The molecule has 150 valence electrons. The van der Waals surface area contributed by atoms with E-state index < -0.39 is 0 Å². The maximum Gasteiger partial charge on any atom is 0.252 e. The number of para-hydroxylation sites is 1. The molecule has 1 aliphatic rings. The molecule has 0 bridgehead atoms. The predicted octanol–water partition coefficient (Wildman–Crippen LogP) is 3.63. The molecule has 29 heavy (non-hydrogen) atoms. The number of methoxy groups -OCH3 is 2. The number of rotatable bonds is 7. The second-order valence-corrected chi connectivity index (χ2v) is 7.06. The molecule has 0 saturated heterocycles. The minimum absolute atomic E-state index is 0.302. The molecular formula is C22H25N5O2. The summed E-state index contributed by atoms with van der Waals surface area (Å²) < 4.78 is 10.7. The van der Waals surface area contributed by atoms with Crippen molar-refractivity contribution >= 4 is 17.5 Å². The van der Waals surface area contributed by atoms with E-state index in [2.05, 4.69) is 45.5 Å². The summed E-state index contributed by atoms with van der Waals surface area (Å²) in [5.74, 6) is 2.80. The van der Waals surface area contributed by atoms with Gasteiger partial charge in [-0.2, -0.15) is 10.1 Å². The number of nitrogens with zero attached hydrogens (tertiary/aromatic N) is 4. The van der Waals surface area contributed by atoms with E-state index in [4.69, 9.17) is 14.5 Å². The van der Waals surface area contributed by atoms with Crippen molar-refractivity contribution in [1.82, 2.24) is 15.2 Å². The average Bonchev–Trinajstić information content (AvgIpc) is 3.09. The molecule has 1 aromatic heterocycles. The largest absolute Gasteiger partial charge is 0.493 e. The van der Waals surface area contributed by atoms with E-state index in [0.717, 1.165) is 42.1 Å². The highest BCUT2D eigenvalue weighted by atomic mass is 16.5. The third-order valence-electron chi connectivity index (χ3n) is 5.14. The molecule has 0 saturated carbocycles. The zero-order valence-electron chi connectivity index (χ0n) is 16.9. The summed E-state index contributed by atoms with van der Waals surface area (Å²) in [5, 5.41) is 11.8. The molecule has 0 aliphatic carbocycles. The Morgan fingerprint density at radius 2 is 1.93 bits per heavy atom. The summed E-state index contributed by atoms with van der Waals surface area (Å²) in [4.78, 5) is 6.85. The molecule has 1 unspecified atom stereocenters. The van der Waals surface area contributed by atoms with Crippen molar-refractivity contribution in [3.63, 3.8) is 0 Å². The Morgan fingerprint density at radius 1 is 1.10 bits per heavy atom. The number of hydrogen-bond acceptors (Lipinski definition) is 7. The highest BCUT2D eigenvalue weighted by Gasteiger charge is 2.29. The van der Waals surface area contributed by atoms with Crippen molar-refractivity contribution in [2.24, 2.45) is 0 Å². The van der Waals surface area contributed by atoms with Crippen LogP contribution in [0.3, 0.4) is 0 Å². The fourth-order valence-electron chi connectivity index (χ4n) is 3.72. The molecule has 1 atom stereocenters. The lowest BCUT2D eigenvalue weighted by atomic mass is 10.1. The average molecular weight is 391 g/mol. The summed E-state index contributed by atoms with van der Waals surface area (Å²) in [5.41, 5.74) is 3.62. The van der Waals surface area contributed by atoms with Gasteiger partial charge in [0.05, 0.1) is 20.4 Å². The minimum Gasteiger partial charge on any atom is -0.493 e. The van der Waals surface area contributed by atoms with E-state index >= 15 is 0 Å². The summed E-state index contributed by atoms with van der Waals surface area (Å²) in [6.45, 7) is 2.90. The van der Waals surface area contributed by atoms with Crippen LogP contribution in [-0.2, 0) is 12.8 Å². The summed E-state index contributed by atoms with van der Waals surface area (Å²) in [6, 6.07) is 14.6. The Hall–Kier alpha value is -3.35. The lowest BCUT2D eigenvalue weighted by molar-refractivity contribution is 0.354. The SMILES string of the molecule is COc1ccc(CCNc2cnnc(N3c4ccccc4CC3C)n2)cc1OC. The van der Waals surface area contributed by atoms with Gasteiger partial charge in [-0.25, -0.2) is 0 Å². The molecule has 1 N–H and O–H groups in total. The van der Waals surface area contributed by atoms with E-state index in [-0.39, 0.29) is 0 Å². The van der Waals surface area contributed by atoms with E-state index in [1.54, 1.807) is 20.4 Å². The molecule has 0 spiro atoms. The van der Waals surface area contributed by atoms with Crippen molar-refractivity contribution in [3.8, 4) is 11.5 Å². The Morgan fingerprint density at radius 3 is 2.76 bits per heavy atom. The number of fused-ring (bicyclic) bond motifs is 1. The molecule has 4 rings (SSSR count). The van der Waals surface area contributed by atoms with E-state index in [0.29, 0.717) is 17.8 Å². The third kappa shape index (κ3) is 3.94. The molecule has 1 aliphatic heterocycles. The highest BCUT2D eigenvalue weighted by molar-refractivity contribution is 5.67. The van der Waals surface area contributed by atoms with Crippen LogP contribution in [0.1, 0.15) is 18.1 Å². The lowest BCUT2D eigenvalue weighted by Crippen LogP contribution is -2.26. The third-order valence-corrected chi connectivity index (χ3v) is 5.14. The fourth-order valence-corrected chi connectivity index (χ4v) is 3.72. The lowest BCUT2D eigenvalue weighted by Gasteiger charge is -2.22. The monoisotopic (exact) mass is 391 g/mol. The second-order valence-electron chi connectivity index (χ2n) is 7.06. The first kappa shape index (κ1) is 19.0. The minimum atomic E-state index is 0.302. The standard InChI is InChI=1S/C22H25N5O2/c1-15-12-17-6-4-5-7-18(17)27(15)22-25-21(14-24-26-22)23-11-10-16-8-9-19(28-2)20(13-16)29-3/h4-9,13-15H,10-12H2,1-3H3,(H,23,25,26). The van der Waals surface area contributed by atoms with Crippen LogP contribution in [0.25, 0.3) is 0 Å². The van der Waals surface area contributed by atoms with E-state index in [9.17, 15) is 0 Å². The molecule has 7 heteroatoms. The van der Waals surface area contributed by atoms with Gasteiger partial charge in [0.15, 0.2) is 17.3 Å². The van der Waals surface area contributed by atoms with Crippen LogP contribution in [0, 0.1) is 0 Å². The molecular weight excluding hydrogens is 366 g/mol. The van der Waals surface area contributed by atoms with Gasteiger partial charge in [-0.1, -0.05) is 24.3 Å². The van der Waals surface area contributed by atoms with Crippen molar-refractivity contribution in [2.75, 3.05) is 31.0 Å². The Bertz CT molecular complexity index is 994. The van der Waals surface area contributed by atoms with Crippen LogP contribution in [-0.4, -0.2) is 42.0 Å². The number of hydrogen-bond donors (Lipinski definition) is 1. The van der Waals surface area contributed by atoms with Gasteiger partial charge in [-0.15, -0.1) is 5.10 Å². The molecule has 7 nitrogen and oxygen atoms in total. The molecule has 3 aromatic rings. The van der Waals surface area contributed by atoms with Crippen molar-refractivity contribution < 1.29 is 9.47 Å². The molecule has 0 fully saturated rings. The van der Waals surface area contributed by atoms with Gasteiger partial charge in [-0.3, -0.25) is 0 Å². The van der Waals surface area contributed by atoms with Crippen LogP contribution in [0.5, 0.6) is 11.5 Å². The molecule has 2 aromatic carbocycles. The maximum absolute atomic E-state index is 5.37. The molecule has 0 radical (unpaired) electrons. The van der Waals surface area contributed by atoms with Gasteiger partial charge in [0.25, 0.3) is 5.95 Å². The van der Waals surface area contributed by atoms with Crippen molar-refractivity contribution in [1.29, 1.82) is 0 Å². The van der Waals surface area contributed by atoms with Crippen molar-refractivity contribution in [2.45, 2.75) is 25.8 Å². The van der Waals surface area contributed by atoms with Crippen LogP contribution in [0.2, 0.25) is 0 Å². The smallest absolute Gasteiger partial charge is 0.252 e. The van der Waals surface area contributed by atoms with Crippen molar-refractivity contribution in [3.05, 3.63) is 59.8 Å². The topological polar surface area (TPSA) is 72.4 Å². The first-order valence-electron chi connectivity index (χ1n) is 9.71. The summed E-state index contributed by atoms with van der Waals surface area (Å²) in [7, 11) is 3.28. The first-order valence-corrected chi connectivity index (χ1v) is 9.71. The van der Waals surface area contributed by atoms with E-state index in [1.807, 2.05) is 24.3 Å². The number of ether oxygens (including phenoxy) is 2. The number of nitrogens with one attached hydrogen (secondary N) is 1. The first-order chi connectivity index (χ1) is 14.2.